The number of rotatable bonds is 11. The van der Waals surface area contributed by atoms with Gasteiger partial charge in [0.1, 0.15) is 12.6 Å². The number of benzene rings is 3. The van der Waals surface area contributed by atoms with Gasteiger partial charge in [-0.15, -0.1) is 0 Å². The Labute approximate surface area is 243 Å². The first-order valence-corrected chi connectivity index (χ1v) is 14.7. The molecule has 0 spiro atoms. The number of carbonyl (C=O) groups excluding carboxylic acids is 2. The molecule has 0 radical (unpaired) electrons. The summed E-state index contributed by atoms with van der Waals surface area (Å²) < 4.78 is 39.6. The first kappa shape index (κ1) is 31.5. The van der Waals surface area contributed by atoms with Crippen molar-refractivity contribution in [3.05, 3.63) is 83.9 Å². The fraction of sp³-hybridized carbons (Fsp3) is 0.355. The van der Waals surface area contributed by atoms with Gasteiger partial charge >= 0.3 is 0 Å². The van der Waals surface area contributed by atoms with Crippen molar-refractivity contribution in [3.8, 4) is 11.5 Å². The topological polar surface area (TPSA) is 105 Å². The van der Waals surface area contributed by atoms with Crippen LogP contribution >= 0.6 is 0 Å². The highest BCUT2D eigenvalue weighted by atomic mass is 32.2. The van der Waals surface area contributed by atoms with Gasteiger partial charge in [-0.25, -0.2) is 8.42 Å². The van der Waals surface area contributed by atoms with E-state index in [1.807, 2.05) is 52.0 Å². The van der Waals surface area contributed by atoms with Crippen molar-refractivity contribution in [3.63, 3.8) is 0 Å². The third kappa shape index (κ3) is 8.00. The molecule has 9 nitrogen and oxygen atoms in total. The maximum absolute atomic E-state index is 14.0. The fourth-order valence-electron chi connectivity index (χ4n) is 4.18. The molecule has 0 aliphatic heterocycles. The quantitative estimate of drug-likeness (QED) is 0.357. The van der Waals surface area contributed by atoms with Gasteiger partial charge in [-0.2, -0.15) is 0 Å². The van der Waals surface area contributed by atoms with Crippen LogP contribution in [0.1, 0.15) is 38.8 Å². The van der Waals surface area contributed by atoms with E-state index in [2.05, 4.69) is 5.32 Å². The predicted molar refractivity (Wildman–Crippen MR) is 160 cm³/mol. The van der Waals surface area contributed by atoms with E-state index < -0.39 is 34.1 Å². The van der Waals surface area contributed by atoms with Crippen LogP contribution in [0.3, 0.4) is 0 Å². The third-order valence-corrected chi connectivity index (χ3v) is 8.19. The van der Waals surface area contributed by atoms with Crippen LogP contribution in [0.5, 0.6) is 11.5 Å². The van der Waals surface area contributed by atoms with Gasteiger partial charge in [-0.1, -0.05) is 48.0 Å². The van der Waals surface area contributed by atoms with E-state index in [4.69, 9.17) is 9.47 Å². The van der Waals surface area contributed by atoms with Gasteiger partial charge in [0.15, 0.2) is 11.5 Å². The van der Waals surface area contributed by atoms with Gasteiger partial charge in [0.05, 0.1) is 24.8 Å². The van der Waals surface area contributed by atoms with Crippen LogP contribution in [0.2, 0.25) is 0 Å². The fourth-order valence-corrected chi connectivity index (χ4v) is 5.60. The number of ether oxygens (including phenoxy) is 2. The van der Waals surface area contributed by atoms with Crippen LogP contribution in [0.4, 0.5) is 5.69 Å². The highest BCUT2D eigenvalue weighted by molar-refractivity contribution is 7.92. The summed E-state index contributed by atoms with van der Waals surface area (Å²) in [4.78, 5) is 28.7. The molecule has 0 aliphatic carbocycles. The summed E-state index contributed by atoms with van der Waals surface area (Å²) in [7, 11) is -1.27. The Hall–Kier alpha value is -4.05. The maximum Gasteiger partial charge on any atom is 0.264 e. The van der Waals surface area contributed by atoms with E-state index in [1.54, 1.807) is 37.3 Å². The highest BCUT2D eigenvalue weighted by Crippen LogP contribution is 2.34. The summed E-state index contributed by atoms with van der Waals surface area (Å²) in [6.07, 6.45) is 0. The van der Waals surface area contributed by atoms with Crippen LogP contribution in [0.25, 0.3) is 0 Å². The number of aryl methyl sites for hydroxylation is 1. The Kier molecular flexibility index (Phi) is 10.0. The zero-order valence-electron chi connectivity index (χ0n) is 24.7. The maximum atomic E-state index is 14.0. The van der Waals surface area contributed by atoms with Crippen molar-refractivity contribution in [2.24, 2.45) is 0 Å². The van der Waals surface area contributed by atoms with Crippen molar-refractivity contribution in [2.45, 2.75) is 57.6 Å². The largest absolute Gasteiger partial charge is 0.493 e. The van der Waals surface area contributed by atoms with Crippen molar-refractivity contribution < 1.29 is 27.5 Å². The molecule has 0 heterocycles. The van der Waals surface area contributed by atoms with Crippen LogP contribution in [-0.2, 0) is 26.2 Å². The number of methoxy groups -OCH3 is 2. The first-order chi connectivity index (χ1) is 19.3. The first-order valence-electron chi connectivity index (χ1n) is 13.2. The SMILES string of the molecule is COc1ccc(N(CC(=O)N(Cc2ccc(C)cc2)C(C)C(=O)NC(C)(C)C)S(=O)(=O)c2ccccc2)cc1OC. The van der Waals surface area contributed by atoms with Crippen LogP contribution in [0, 0.1) is 6.92 Å². The lowest BCUT2D eigenvalue weighted by atomic mass is 10.1. The zero-order chi connectivity index (χ0) is 30.4. The van der Waals surface area contributed by atoms with Crippen molar-refractivity contribution in [1.82, 2.24) is 10.2 Å². The number of sulfonamides is 1. The smallest absolute Gasteiger partial charge is 0.264 e. The number of hydrogen-bond donors (Lipinski definition) is 1. The molecule has 0 saturated heterocycles. The summed E-state index contributed by atoms with van der Waals surface area (Å²) in [5.41, 5.74) is 1.55. The molecule has 1 unspecified atom stereocenters. The molecule has 3 aromatic carbocycles. The average molecular weight is 582 g/mol. The molecule has 1 atom stereocenters. The van der Waals surface area contributed by atoms with Gasteiger partial charge in [0.2, 0.25) is 11.8 Å². The number of anilines is 1. The molecule has 3 aromatic rings. The van der Waals surface area contributed by atoms with Crippen molar-refractivity contribution in [1.29, 1.82) is 0 Å². The normalized spacial score (nSPS) is 12.3. The Morgan fingerprint density at radius 2 is 1.51 bits per heavy atom. The van der Waals surface area contributed by atoms with Crippen molar-refractivity contribution >= 4 is 27.5 Å². The number of nitrogens with zero attached hydrogens (tertiary/aromatic N) is 2. The zero-order valence-corrected chi connectivity index (χ0v) is 25.5. The predicted octanol–water partition coefficient (Wildman–Crippen LogP) is 4.54. The second-order valence-corrected chi connectivity index (χ2v) is 12.6. The average Bonchev–Trinajstić information content (AvgIpc) is 2.94. The molecule has 2 amide bonds. The van der Waals surface area contributed by atoms with Crippen LogP contribution in [-0.4, -0.2) is 57.5 Å². The summed E-state index contributed by atoms with van der Waals surface area (Å²) in [5.74, 6) is -0.175. The van der Waals surface area contributed by atoms with E-state index in [0.717, 1.165) is 15.4 Å². The Balaban J connectivity index is 2.08. The van der Waals surface area contributed by atoms with E-state index in [-0.39, 0.29) is 23.0 Å². The van der Waals surface area contributed by atoms with Crippen LogP contribution in [0.15, 0.2) is 77.7 Å². The molecule has 0 fully saturated rings. The molecule has 3 rings (SSSR count). The molecule has 0 aromatic heterocycles. The lowest BCUT2D eigenvalue weighted by Gasteiger charge is -2.33. The summed E-state index contributed by atoms with van der Waals surface area (Å²) in [6, 6.07) is 19.3. The molecular formula is C31H39N3O6S. The molecule has 0 aliphatic rings. The molecule has 41 heavy (non-hydrogen) atoms. The number of carbonyl (C=O) groups is 2. The molecule has 1 N–H and O–H groups in total. The molecule has 10 heteroatoms. The van der Waals surface area contributed by atoms with E-state index in [0.29, 0.717) is 11.5 Å². The van der Waals surface area contributed by atoms with Crippen LogP contribution < -0.4 is 19.1 Å². The molecular weight excluding hydrogens is 542 g/mol. The van der Waals surface area contributed by atoms with Gasteiger partial charge in [0.25, 0.3) is 10.0 Å². The second-order valence-electron chi connectivity index (χ2n) is 10.8. The van der Waals surface area contributed by atoms with Crippen molar-refractivity contribution in [2.75, 3.05) is 25.1 Å². The van der Waals surface area contributed by atoms with E-state index >= 15 is 0 Å². The van der Waals surface area contributed by atoms with Gasteiger partial charge in [0, 0.05) is 18.2 Å². The monoisotopic (exact) mass is 581 g/mol. The Morgan fingerprint density at radius 3 is 2.07 bits per heavy atom. The highest BCUT2D eigenvalue weighted by Gasteiger charge is 2.33. The lowest BCUT2D eigenvalue weighted by Crippen LogP contribution is -2.54. The number of hydrogen-bond acceptors (Lipinski definition) is 6. The molecule has 0 saturated carbocycles. The third-order valence-electron chi connectivity index (χ3n) is 6.40. The number of nitrogens with one attached hydrogen (secondary N) is 1. The Bertz CT molecular complexity index is 1450. The second kappa shape index (κ2) is 13.1. The number of amides is 2. The Morgan fingerprint density at radius 1 is 0.902 bits per heavy atom. The van der Waals surface area contributed by atoms with E-state index in [1.165, 1.54) is 37.3 Å². The minimum atomic E-state index is -4.19. The van der Waals surface area contributed by atoms with E-state index in [9.17, 15) is 18.0 Å². The molecule has 0 bridgehead atoms. The minimum absolute atomic E-state index is 0.0196. The standard InChI is InChI=1S/C31H39N3O6S/c1-22-13-15-24(16-14-22)20-33(23(2)30(36)32-31(3,4)5)29(35)21-34(41(37,38)26-11-9-8-10-12-26)25-17-18-27(39-6)28(19-25)40-7/h8-19,23H,20-21H2,1-7H3,(H,32,36). The van der Waals surface area contributed by atoms with Gasteiger partial charge in [-0.3, -0.25) is 13.9 Å². The summed E-state index contributed by atoms with van der Waals surface area (Å²) >= 11 is 0. The van der Waals surface area contributed by atoms with Gasteiger partial charge in [-0.05, 0) is 64.4 Å². The lowest BCUT2D eigenvalue weighted by molar-refractivity contribution is -0.140. The summed E-state index contributed by atoms with van der Waals surface area (Å²) in [5, 5.41) is 2.92. The minimum Gasteiger partial charge on any atom is -0.493 e. The molecule has 220 valence electrons. The van der Waals surface area contributed by atoms with Gasteiger partial charge < -0.3 is 19.7 Å². The summed E-state index contributed by atoms with van der Waals surface area (Å²) in [6.45, 7) is 8.73.